The van der Waals surface area contributed by atoms with E-state index >= 15 is 0 Å². The van der Waals surface area contributed by atoms with Crippen LogP contribution in [-0.2, 0) is 8.85 Å². The molecule has 1 saturated heterocycles. The van der Waals surface area contributed by atoms with Gasteiger partial charge in [0.15, 0.2) is 0 Å². The summed E-state index contributed by atoms with van der Waals surface area (Å²) < 4.78 is 14.1. The Morgan fingerprint density at radius 3 is 1.71 bits per heavy atom. The Kier molecular flexibility index (Phi) is 8.09. The summed E-state index contributed by atoms with van der Waals surface area (Å²) in [5.74, 6) is 0. The zero-order chi connectivity index (χ0) is 15.9. The molecular weight excluding hydrogens is 296 g/mol. The fraction of sp³-hybridized carbons (Fsp3) is 1.00. The van der Waals surface area contributed by atoms with Crippen LogP contribution in [0.5, 0.6) is 0 Å². The Hall–Kier alpha value is 0.274. The lowest BCUT2D eigenvalue weighted by molar-refractivity contribution is 0.179. The van der Waals surface area contributed by atoms with Crippen LogP contribution in [0.25, 0.3) is 0 Å². The lowest BCUT2D eigenvalue weighted by Gasteiger charge is -2.46. The predicted molar refractivity (Wildman–Crippen MR) is 95.7 cm³/mol. The van der Waals surface area contributed by atoms with Gasteiger partial charge in [-0.2, -0.15) is 0 Å². The van der Waals surface area contributed by atoms with Crippen LogP contribution >= 0.6 is 0 Å². The standard InChI is InChI=1S/C15H36N2O2Si2/c1-7-21(8-2,9-3)17-12-10-16(11-13-17)14-15-20(6,18-4)19-5/h7-15H2,1-6H3. The highest BCUT2D eigenvalue weighted by Gasteiger charge is 2.36. The maximum absolute atomic E-state index is 5.59. The summed E-state index contributed by atoms with van der Waals surface area (Å²) in [7, 11) is 0.522. The summed E-state index contributed by atoms with van der Waals surface area (Å²) in [6.45, 7) is 15.4. The number of hydrogen-bond acceptors (Lipinski definition) is 4. The van der Waals surface area contributed by atoms with Crippen molar-refractivity contribution < 1.29 is 8.85 Å². The van der Waals surface area contributed by atoms with Crippen molar-refractivity contribution in [2.24, 2.45) is 0 Å². The van der Waals surface area contributed by atoms with E-state index < -0.39 is 16.8 Å². The van der Waals surface area contributed by atoms with E-state index in [0.29, 0.717) is 0 Å². The van der Waals surface area contributed by atoms with Crippen molar-refractivity contribution >= 4 is 16.8 Å². The molecule has 0 spiro atoms. The second-order valence-corrected chi connectivity index (χ2v) is 15.2. The van der Waals surface area contributed by atoms with Crippen molar-refractivity contribution in [1.82, 2.24) is 9.47 Å². The summed E-state index contributed by atoms with van der Waals surface area (Å²) in [6.07, 6.45) is 0. The third-order valence-electron chi connectivity index (χ3n) is 5.76. The molecule has 21 heavy (non-hydrogen) atoms. The topological polar surface area (TPSA) is 24.9 Å². The van der Waals surface area contributed by atoms with Gasteiger partial charge in [-0.25, -0.2) is 0 Å². The van der Waals surface area contributed by atoms with E-state index in [4.69, 9.17) is 8.85 Å². The molecule has 0 atom stereocenters. The molecular formula is C15H36N2O2Si2. The van der Waals surface area contributed by atoms with Gasteiger partial charge in [0.05, 0.1) is 0 Å². The predicted octanol–water partition coefficient (Wildman–Crippen LogP) is 2.97. The summed E-state index contributed by atoms with van der Waals surface area (Å²) in [5, 5.41) is 0. The van der Waals surface area contributed by atoms with Crippen molar-refractivity contribution in [2.75, 3.05) is 46.9 Å². The van der Waals surface area contributed by atoms with Crippen molar-refractivity contribution in [3.05, 3.63) is 0 Å². The number of hydrogen-bond donors (Lipinski definition) is 0. The molecule has 0 aromatic heterocycles. The minimum atomic E-state index is -1.90. The lowest BCUT2D eigenvalue weighted by atomic mass is 10.4. The van der Waals surface area contributed by atoms with Crippen molar-refractivity contribution in [2.45, 2.75) is 51.5 Å². The first kappa shape index (κ1) is 19.3. The molecule has 0 amide bonds. The first-order valence-corrected chi connectivity index (χ1v) is 13.7. The van der Waals surface area contributed by atoms with Crippen LogP contribution in [-0.4, -0.2) is 73.2 Å². The van der Waals surface area contributed by atoms with Gasteiger partial charge >= 0.3 is 8.56 Å². The minimum absolute atomic E-state index is 1.07. The molecule has 0 bridgehead atoms. The van der Waals surface area contributed by atoms with E-state index in [9.17, 15) is 0 Å². The molecule has 0 aliphatic carbocycles. The maximum Gasteiger partial charge on any atom is 0.335 e. The summed E-state index contributed by atoms with van der Waals surface area (Å²) in [6, 6.07) is 5.27. The van der Waals surface area contributed by atoms with Crippen molar-refractivity contribution in [3.63, 3.8) is 0 Å². The van der Waals surface area contributed by atoms with Crippen LogP contribution in [0.4, 0.5) is 0 Å². The summed E-state index contributed by atoms with van der Waals surface area (Å²) >= 11 is 0. The van der Waals surface area contributed by atoms with Crippen LogP contribution in [0.3, 0.4) is 0 Å². The van der Waals surface area contributed by atoms with Gasteiger partial charge in [0.1, 0.15) is 8.24 Å². The molecule has 126 valence electrons. The zero-order valence-corrected chi connectivity index (χ0v) is 17.1. The summed E-state index contributed by atoms with van der Waals surface area (Å²) in [5.41, 5.74) is 0. The van der Waals surface area contributed by atoms with Crippen LogP contribution < -0.4 is 0 Å². The van der Waals surface area contributed by atoms with E-state index in [1.165, 1.54) is 44.3 Å². The van der Waals surface area contributed by atoms with Crippen LogP contribution in [0.2, 0.25) is 30.7 Å². The molecule has 0 aromatic carbocycles. The van der Waals surface area contributed by atoms with E-state index in [1.54, 1.807) is 14.2 Å². The van der Waals surface area contributed by atoms with Gasteiger partial charge in [-0.15, -0.1) is 0 Å². The van der Waals surface area contributed by atoms with Gasteiger partial charge in [0.2, 0.25) is 0 Å². The Morgan fingerprint density at radius 2 is 1.33 bits per heavy atom. The van der Waals surface area contributed by atoms with Crippen molar-refractivity contribution in [1.29, 1.82) is 0 Å². The number of nitrogens with zero attached hydrogens (tertiary/aromatic N) is 2. The summed E-state index contributed by atoms with van der Waals surface area (Å²) in [4.78, 5) is 2.60. The van der Waals surface area contributed by atoms with Gasteiger partial charge in [0, 0.05) is 53.0 Å². The van der Waals surface area contributed by atoms with Crippen LogP contribution in [0.15, 0.2) is 0 Å². The number of rotatable bonds is 9. The van der Waals surface area contributed by atoms with E-state index in [-0.39, 0.29) is 0 Å². The molecule has 1 fully saturated rings. The SMILES string of the molecule is CC[Si](CC)(CC)N1CCN(CC[Si](C)(OC)OC)CC1. The third kappa shape index (κ3) is 4.87. The molecule has 1 aliphatic heterocycles. The Bertz CT molecular complexity index is 281. The lowest BCUT2D eigenvalue weighted by Crippen LogP contribution is -2.59. The van der Waals surface area contributed by atoms with Crippen LogP contribution in [0, 0.1) is 0 Å². The molecule has 0 saturated carbocycles. The average Bonchev–Trinajstić information content (AvgIpc) is 2.56. The number of piperazine rings is 1. The Labute approximate surface area is 134 Å². The molecule has 1 rings (SSSR count). The van der Waals surface area contributed by atoms with E-state index in [0.717, 1.165) is 12.6 Å². The molecule has 1 heterocycles. The van der Waals surface area contributed by atoms with Gasteiger partial charge in [-0.1, -0.05) is 20.8 Å². The van der Waals surface area contributed by atoms with Gasteiger partial charge in [0.25, 0.3) is 0 Å². The third-order valence-corrected chi connectivity index (χ3v) is 14.4. The smallest absolute Gasteiger partial charge is 0.335 e. The monoisotopic (exact) mass is 332 g/mol. The zero-order valence-electron chi connectivity index (χ0n) is 15.1. The van der Waals surface area contributed by atoms with E-state index in [1.807, 2.05) is 0 Å². The van der Waals surface area contributed by atoms with Crippen molar-refractivity contribution in [3.8, 4) is 0 Å². The first-order chi connectivity index (χ1) is 9.99. The normalized spacial score (nSPS) is 19.1. The van der Waals surface area contributed by atoms with Gasteiger partial charge < -0.3 is 18.3 Å². The molecule has 0 unspecified atom stereocenters. The second-order valence-electron chi connectivity index (χ2n) is 6.41. The first-order valence-electron chi connectivity index (χ1n) is 8.57. The van der Waals surface area contributed by atoms with E-state index in [2.05, 4.69) is 36.8 Å². The molecule has 0 radical (unpaired) electrons. The fourth-order valence-corrected chi connectivity index (χ4v) is 8.80. The quantitative estimate of drug-likeness (QED) is 0.606. The molecule has 0 N–H and O–H groups in total. The molecule has 1 aliphatic rings. The second kappa shape index (κ2) is 8.79. The maximum atomic E-state index is 5.59. The van der Waals surface area contributed by atoms with Crippen LogP contribution in [0.1, 0.15) is 20.8 Å². The minimum Gasteiger partial charge on any atom is -0.398 e. The highest BCUT2D eigenvalue weighted by atomic mass is 28.4. The van der Waals surface area contributed by atoms with Gasteiger partial charge in [-0.05, 0) is 24.7 Å². The average molecular weight is 333 g/mol. The highest BCUT2D eigenvalue weighted by molar-refractivity contribution is 6.77. The van der Waals surface area contributed by atoms with Gasteiger partial charge in [-0.3, -0.25) is 0 Å². The molecule has 0 aromatic rings. The molecule has 4 nitrogen and oxygen atoms in total. The molecule has 6 heteroatoms. The highest BCUT2D eigenvalue weighted by Crippen LogP contribution is 2.26. The largest absolute Gasteiger partial charge is 0.398 e. The Balaban J connectivity index is 2.45. The Morgan fingerprint density at radius 1 is 0.857 bits per heavy atom. The fourth-order valence-electron chi connectivity index (χ4n) is 3.52.